The topological polar surface area (TPSA) is 66.5 Å². The molecule has 2 aliphatic heterocycles. The number of terminal acetylenes is 1. The summed E-state index contributed by atoms with van der Waals surface area (Å²) in [5.74, 6) is 3.74. The maximum Gasteiger partial charge on any atom is 0.241 e. The van der Waals surface area contributed by atoms with Crippen LogP contribution >= 0.6 is 0 Å². The van der Waals surface area contributed by atoms with E-state index in [9.17, 15) is 13.2 Å². The average molecular weight is 310 g/mol. The van der Waals surface area contributed by atoms with Gasteiger partial charge < -0.3 is 10.2 Å². The van der Waals surface area contributed by atoms with Crippen molar-refractivity contribution in [3.05, 3.63) is 0 Å². The van der Waals surface area contributed by atoms with Gasteiger partial charge in [0.25, 0.3) is 0 Å². The monoisotopic (exact) mass is 310 g/mol. The standard InChI is InChI=1S/C15H22N2O3S/c1-2-7-17(12-6-8-21(19,20)10-12)15(18)14-13-5-3-4-11(13)9-16-14/h1,11-14,16H,3-10H2. The Bertz CT molecular complexity index is 566. The highest BCUT2D eigenvalue weighted by molar-refractivity contribution is 7.91. The number of carbonyl (C=O) groups is 1. The first-order valence-corrected chi connectivity index (χ1v) is 9.52. The van der Waals surface area contributed by atoms with Crippen molar-refractivity contribution in [3.63, 3.8) is 0 Å². The van der Waals surface area contributed by atoms with Gasteiger partial charge in [0.1, 0.15) is 0 Å². The van der Waals surface area contributed by atoms with Crippen molar-refractivity contribution in [3.8, 4) is 12.3 Å². The van der Waals surface area contributed by atoms with E-state index >= 15 is 0 Å². The minimum absolute atomic E-state index is 0.00412. The van der Waals surface area contributed by atoms with Crippen molar-refractivity contribution in [2.45, 2.75) is 37.8 Å². The summed E-state index contributed by atoms with van der Waals surface area (Å²) in [6, 6.07) is -0.421. The van der Waals surface area contributed by atoms with Gasteiger partial charge in [0.15, 0.2) is 9.84 Å². The Morgan fingerprint density at radius 2 is 2.14 bits per heavy atom. The summed E-state index contributed by atoms with van der Waals surface area (Å²) in [6.07, 6.45) is 9.37. The van der Waals surface area contributed by atoms with Gasteiger partial charge in [-0.1, -0.05) is 12.3 Å². The smallest absolute Gasteiger partial charge is 0.241 e. The molecule has 0 aromatic heterocycles. The number of hydrogen-bond acceptors (Lipinski definition) is 4. The minimum atomic E-state index is -3.02. The number of nitrogens with one attached hydrogen (secondary N) is 1. The molecule has 0 aromatic carbocycles. The summed E-state index contributed by atoms with van der Waals surface area (Å²) >= 11 is 0. The first kappa shape index (κ1) is 14.9. The summed E-state index contributed by atoms with van der Waals surface area (Å²) in [6.45, 7) is 1.10. The third kappa shape index (κ3) is 2.82. The SMILES string of the molecule is C#CCN(C(=O)C1NCC2CCCC21)C1CCS(=O)(=O)C1. The van der Waals surface area contributed by atoms with Gasteiger partial charge in [-0.15, -0.1) is 6.42 Å². The molecular formula is C15H22N2O3S. The Morgan fingerprint density at radius 3 is 2.81 bits per heavy atom. The third-order valence-corrected chi connectivity index (χ3v) is 6.96. The highest BCUT2D eigenvalue weighted by Gasteiger charge is 2.45. The minimum Gasteiger partial charge on any atom is -0.326 e. The maximum atomic E-state index is 12.8. The lowest BCUT2D eigenvalue weighted by Gasteiger charge is -2.30. The fourth-order valence-corrected chi connectivity index (χ4v) is 5.87. The summed E-state index contributed by atoms with van der Waals surface area (Å²) in [7, 11) is -3.02. The van der Waals surface area contributed by atoms with Gasteiger partial charge in [-0.05, 0) is 37.6 Å². The van der Waals surface area contributed by atoms with E-state index in [4.69, 9.17) is 6.42 Å². The van der Waals surface area contributed by atoms with Crippen LogP contribution in [0.4, 0.5) is 0 Å². The van der Waals surface area contributed by atoms with Gasteiger partial charge in [0.2, 0.25) is 5.91 Å². The molecule has 1 amide bonds. The van der Waals surface area contributed by atoms with E-state index < -0.39 is 9.84 Å². The molecule has 0 spiro atoms. The van der Waals surface area contributed by atoms with Gasteiger partial charge >= 0.3 is 0 Å². The number of fused-ring (bicyclic) bond motifs is 1. The quantitative estimate of drug-likeness (QED) is 0.747. The number of carbonyl (C=O) groups excluding carboxylic acids is 1. The Balaban J connectivity index is 1.75. The van der Waals surface area contributed by atoms with Crippen LogP contribution in [0.3, 0.4) is 0 Å². The van der Waals surface area contributed by atoms with Gasteiger partial charge in [-0.3, -0.25) is 4.79 Å². The molecule has 2 heterocycles. The Morgan fingerprint density at radius 1 is 1.33 bits per heavy atom. The van der Waals surface area contributed by atoms with E-state index in [-0.39, 0.29) is 36.0 Å². The fraction of sp³-hybridized carbons (Fsp3) is 0.800. The highest BCUT2D eigenvalue weighted by Crippen LogP contribution is 2.38. The number of rotatable bonds is 3. The molecule has 3 aliphatic rings. The van der Waals surface area contributed by atoms with Crippen LogP contribution in [0, 0.1) is 24.2 Å². The summed E-state index contributed by atoms with van der Waals surface area (Å²) in [5.41, 5.74) is 0. The van der Waals surface area contributed by atoms with Crippen molar-refractivity contribution >= 4 is 15.7 Å². The largest absolute Gasteiger partial charge is 0.326 e. The molecule has 4 unspecified atom stereocenters. The van der Waals surface area contributed by atoms with Gasteiger partial charge in [-0.25, -0.2) is 8.42 Å². The van der Waals surface area contributed by atoms with E-state index in [0.29, 0.717) is 18.3 Å². The van der Waals surface area contributed by atoms with Gasteiger partial charge in [-0.2, -0.15) is 0 Å². The van der Waals surface area contributed by atoms with Crippen LogP contribution in [0.1, 0.15) is 25.7 Å². The van der Waals surface area contributed by atoms with Crippen LogP contribution in [0.2, 0.25) is 0 Å². The molecule has 0 bridgehead atoms. The lowest BCUT2D eigenvalue weighted by Crippen LogP contribution is -2.51. The van der Waals surface area contributed by atoms with E-state index in [0.717, 1.165) is 13.0 Å². The molecule has 116 valence electrons. The molecule has 0 radical (unpaired) electrons. The third-order valence-electron chi connectivity index (χ3n) is 5.21. The highest BCUT2D eigenvalue weighted by atomic mass is 32.2. The predicted molar refractivity (Wildman–Crippen MR) is 80.2 cm³/mol. The van der Waals surface area contributed by atoms with Crippen molar-refractivity contribution in [2.24, 2.45) is 11.8 Å². The molecule has 6 heteroatoms. The number of hydrogen-bond donors (Lipinski definition) is 1. The molecule has 3 rings (SSSR count). The zero-order valence-electron chi connectivity index (χ0n) is 12.1. The second-order valence-corrected chi connectivity index (χ2v) is 8.70. The second kappa shape index (κ2) is 5.62. The zero-order valence-corrected chi connectivity index (χ0v) is 12.9. The lowest BCUT2D eigenvalue weighted by molar-refractivity contribution is -0.135. The van der Waals surface area contributed by atoms with Crippen LogP contribution < -0.4 is 5.32 Å². The van der Waals surface area contributed by atoms with E-state index in [1.807, 2.05) is 0 Å². The molecule has 1 saturated carbocycles. The van der Waals surface area contributed by atoms with Crippen molar-refractivity contribution in [2.75, 3.05) is 24.6 Å². The molecule has 0 aromatic rings. The first-order chi connectivity index (χ1) is 10.0. The summed E-state index contributed by atoms with van der Waals surface area (Å²) < 4.78 is 23.3. The second-order valence-electron chi connectivity index (χ2n) is 6.47. The molecule has 1 N–H and O–H groups in total. The van der Waals surface area contributed by atoms with E-state index in [2.05, 4.69) is 11.2 Å². The average Bonchev–Trinajstić information content (AvgIpc) is 3.09. The van der Waals surface area contributed by atoms with Gasteiger partial charge in [0.05, 0.1) is 24.1 Å². The van der Waals surface area contributed by atoms with E-state index in [1.165, 1.54) is 12.8 Å². The molecule has 3 fully saturated rings. The number of nitrogens with zero attached hydrogens (tertiary/aromatic N) is 1. The van der Waals surface area contributed by atoms with Crippen molar-refractivity contribution < 1.29 is 13.2 Å². The summed E-state index contributed by atoms with van der Waals surface area (Å²) in [4.78, 5) is 14.5. The van der Waals surface area contributed by atoms with E-state index in [1.54, 1.807) is 4.90 Å². The van der Waals surface area contributed by atoms with Crippen LogP contribution in [0.25, 0.3) is 0 Å². The molecule has 21 heavy (non-hydrogen) atoms. The van der Waals surface area contributed by atoms with Crippen LogP contribution in [0.5, 0.6) is 0 Å². The first-order valence-electron chi connectivity index (χ1n) is 7.69. The molecule has 1 aliphatic carbocycles. The zero-order chi connectivity index (χ0) is 15.0. The normalized spacial score (nSPS) is 37.1. The van der Waals surface area contributed by atoms with Gasteiger partial charge in [0, 0.05) is 6.04 Å². The van der Waals surface area contributed by atoms with Crippen LogP contribution in [0.15, 0.2) is 0 Å². The summed E-state index contributed by atoms with van der Waals surface area (Å²) in [5, 5.41) is 3.33. The Hall–Kier alpha value is -1.06. The van der Waals surface area contributed by atoms with Crippen molar-refractivity contribution in [1.82, 2.24) is 10.2 Å². The fourth-order valence-electron chi connectivity index (χ4n) is 4.14. The molecule has 2 saturated heterocycles. The molecule has 5 nitrogen and oxygen atoms in total. The molecular weight excluding hydrogens is 288 g/mol. The van der Waals surface area contributed by atoms with Crippen molar-refractivity contribution in [1.29, 1.82) is 0 Å². The van der Waals surface area contributed by atoms with Crippen LogP contribution in [-0.2, 0) is 14.6 Å². The maximum absolute atomic E-state index is 12.8. The van der Waals surface area contributed by atoms with Crippen LogP contribution in [-0.4, -0.2) is 55.9 Å². The molecule has 4 atom stereocenters. The Labute approximate surface area is 126 Å². The Kier molecular flexibility index (Phi) is 3.98. The number of sulfone groups is 1. The number of amides is 1. The predicted octanol–water partition coefficient (Wildman–Crippen LogP) is 0.0234. The lowest BCUT2D eigenvalue weighted by atomic mass is 9.93.